The number of nitrogens with one attached hydrogen (secondary N) is 1. The van der Waals surface area contributed by atoms with Gasteiger partial charge in [-0.2, -0.15) is 0 Å². The molecule has 0 amide bonds. The molecule has 1 aliphatic carbocycles. The Morgan fingerprint density at radius 2 is 2.29 bits per heavy atom. The van der Waals surface area contributed by atoms with Gasteiger partial charge in [0, 0.05) is 6.42 Å². The third kappa shape index (κ3) is 2.46. The van der Waals surface area contributed by atoms with Crippen molar-refractivity contribution >= 4 is 5.96 Å². The lowest BCUT2D eigenvalue weighted by Crippen LogP contribution is -2.36. The molecule has 1 aromatic carbocycles. The molecule has 0 bridgehead atoms. The van der Waals surface area contributed by atoms with Gasteiger partial charge in [0.25, 0.3) is 0 Å². The fraction of sp³-hybridized carbons (Fsp3) is 0.308. The van der Waals surface area contributed by atoms with E-state index >= 15 is 0 Å². The summed E-state index contributed by atoms with van der Waals surface area (Å²) in [6.07, 6.45) is 2.07. The molecule has 1 aromatic rings. The van der Waals surface area contributed by atoms with Crippen molar-refractivity contribution in [3.63, 3.8) is 0 Å². The molecule has 0 saturated heterocycles. The summed E-state index contributed by atoms with van der Waals surface area (Å²) in [5, 5.41) is 2.88. The van der Waals surface area contributed by atoms with E-state index in [4.69, 9.17) is 5.73 Å². The van der Waals surface area contributed by atoms with Crippen molar-refractivity contribution in [1.82, 2.24) is 5.32 Å². The minimum atomic E-state index is -1.31. The predicted molar refractivity (Wildman–Crippen MR) is 67.5 cm³/mol. The molecule has 2 unspecified atom stereocenters. The van der Waals surface area contributed by atoms with Crippen LogP contribution in [-0.2, 0) is 5.67 Å². The van der Waals surface area contributed by atoms with Crippen LogP contribution in [0.25, 0.3) is 0 Å². The molecule has 2 atom stereocenters. The second-order valence-electron chi connectivity index (χ2n) is 4.14. The molecule has 1 aliphatic rings. The molecule has 3 nitrogen and oxygen atoms in total. The van der Waals surface area contributed by atoms with Gasteiger partial charge in [-0.1, -0.05) is 36.4 Å². The Bertz CT molecular complexity index is 430. The van der Waals surface area contributed by atoms with E-state index in [0.717, 1.165) is 0 Å². The van der Waals surface area contributed by atoms with Gasteiger partial charge in [0.15, 0.2) is 11.6 Å². The second-order valence-corrected chi connectivity index (χ2v) is 4.14. The molecule has 0 spiro atoms. The Morgan fingerprint density at radius 1 is 1.59 bits per heavy atom. The lowest BCUT2D eigenvalue weighted by Gasteiger charge is -2.09. The lowest BCUT2D eigenvalue weighted by molar-refractivity contribution is 0.300. The molecule has 4 heteroatoms. The number of nitrogens with zero attached hydrogens (tertiary/aromatic N) is 1. The molecule has 0 radical (unpaired) electrons. The van der Waals surface area contributed by atoms with Gasteiger partial charge in [-0.3, -0.25) is 0 Å². The molecular weight excluding hydrogens is 217 g/mol. The first-order valence-corrected chi connectivity index (χ1v) is 5.58. The van der Waals surface area contributed by atoms with Crippen LogP contribution >= 0.6 is 0 Å². The third-order valence-corrected chi connectivity index (χ3v) is 2.86. The molecule has 3 N–H and O–H groups in total. The van der Waals surface area contributed by atoms with E-state index in [0.29, 0.717) is 18.5 Å². The fourth-order valence-electron chi connectivity index (χ4n) is 1.82. The maximum absolute atomic E-state index is 14.4. The van der Waals surface area contributed by atoms with Gasteiger partial charge in [-0.15, -0.1) is 6.58 Å². The van der Waals surface area contributed by atoms with Crippen molar-refractivity contribution in [2.45, 2.75) is 18.1 Å². The van der Waals surface area contributed by atoms with Gasteiger partial charge >= 0.3 is 0 Å². The predicted octanol–water partition coefficient (Wildman–Crippen LogP) is 1.71. The average molecular weight is 233 g/mol. The van der Waals surface area contributed by atoms with Crippen molar-refractivity contribution < 1.29 is 4.39 Å². The molecular formula is C13H16FN3. The van der Waals surface area contributed by atoms with Gasteiger partial charge in [0.2, 0.25) is 0 Å². The van der Waals surface area contributed by atoms with Gasteiger partial charge in [-0.05, 0) is 5.56 Å². The molecule has 0 aliphatic heterocycles. The van der Waals surface area contributed by atoms with E-state index in [1.54, 1.807) is 18.2 Å². The summed E-state index contributed by atoms with van der Waals surface area (Å²) in [5.74, 6) is 0.269. The third-order valence-electron chi connectivity index (χ3n) is 2.86. The maximum Gasteiger partial charge on any atom is 0.189 e. The van der Waals surface area contributed by atoms with Gasteiger partial charge < -0.3 is 11.1 Å². The summed E-state index contributed by atoms with van der Waals surface area (Å²) < 4.78 is 14.4. The second kappa shape index (κ2) is 4.57. The summed E-state index contributed by atoms with van der Waals surface area (Å²) >= 11 is 0. The minimum Gasteiger partial charge on any atom is -0.370 e. The van der Waals surface area contributed by atoms with Crippen LogP contribution in [-0.4, -0.2) is 18.5 Å². The number of guanidine groups is 1. The van der Waals surface area contributed by atoms with E-state index in [2.05, 4.69) is 16.9 Å². The van der Waals surface area contributed by atoms with Crippen LogP contribution < -0.4 is 11.1 Å². The Balaban J connectivity index is 1.98. The zero-order valence-corrected chi connectivity index (χ0v) is 9.57. The number of hydrogen-bond acceptors (Lipinski definition) is 1. The van der Waals surface area contributed by atoms with Gasteiger partial charge in [0.05, 0.1) is 12.6 Å². The zero-order chi connectivity index (χ0) is 12.3. The Hall–Kier alpha value is -1.84. The number of halogens is 1. The van der Waals surface area contributed by atoms with Crippen LogP contribution in [0.3, 0.4) is 0 Å². The highest BCUT2D eigenvalue weighted by atomic mass is 19.1. The monoisotopic (exact) mass is 233 g/mol. The summed E-state index contributed by atoms with van der Waals surface area (Å²) in [6, 6.07) is 8.84. The highest BCUT2D eigenvalue weighted by Crippen LogP contribution is 2.49. The van der Waals surface area contributed by atoms with Crippen molar-refractivity contribution in [2.24, 2.45) is 10.7 Å². The van der Waals surface area contributed by atoms with E-state index < -0.39 is 5.67 Å². The molecule has 90 valence electrons. The van der Waals surface area contributed by atoms with Crippen LogP contribution in [0.1, 0.15) is 12.0 Å². The lowest BCUT2D eigenvalue weighted by atomic mass is 10.1. The smallest absolute Gasteiger partial charge is 0.189 e. The molecule has 0 aromatic heterocycles. The number of alkyl halides is 1. The maximum atomic E-state index is 14.4. The van der Waals surface area contributed by atoms with Crippen molar-refractivity contribution in [2.75, 3.05) is 6.54 Å². The SMILES string of the molecule is C=CCN=C(N)NC1CC1(F)c1ccccc1. The van der Waals surface area contributed by atoms with E-state index in [-0.39, 0.29) is 12.0 Å². The summed E-state index contributed by atoms with van der Waals surface area (Å²) in [6.45, 7) is 3.98. The summed E-state index contributed by atoms with van der Waals surface area (Å²) in [5.41, 5.74) is 5.00. The normalized spacial score (nSPS) is 27.6. The highest BCUT2D eigenvalue weighted by molar-refractivity contribution is 5.79. The number of nitrogens with two attached hydrogens (primary N) is 1. The van der Waals surface area contributed by atoms with Crippen LogP contribution in [0, 0.1) is 0 Å². The van der Waals surface area contributed by atoms with Gasteiger partial charge in [0.1, 0.15) is 0 Å². The van der Waals surface area contributed by atoms with E-state index in [9.17, 15) is 4.39 Å². The van der Waals surface area contributed by atoms with Crippen LogP contribution in [0.15, 0.2) is 48.0 Å². The zero-order valence-electron chi connectivity index (χ0n) is 9.57. The quantitative estimate of drug-likeness (QED) is 0.472. The standard InChI is InChI=1S/C13H16FN3/c1-2-8-16-12(15)17-11-9-13(11,14)10-6-4-3-5-7-10/h2-7,11H,1,8-9H2,(H3,15,16,17). The largest absolute Gasteiger partial charge is 0.370 e. The Morgan fingerprint density at radius 3 is 2.94 bits per heavy atom. The molecule has 17 heavy (non-hydrogen) atoms. The first-order valence-electron chi connectivity index (χ1n) is 5.58. The van der Waals surface area contributed by atoms with Crippen molar-refractivity contribution in [1.29, 1.82) is 0 Å². The van der Waals surface area contributed by atoms with E-state index in [1.165, 1.54) is 0 Å². The Kier molecular flexibility index (Phi) is 3.13. The number of benzene rings is 1. The minimum absolute atomic E-state index is 0.269. The molecule has 2 rings (SSSR count). The van der Waals surface area contributed by atoms with Crippen molar-refractivity contribution in [3.8, 4) is 0 Å². The topological polar surface area (TPSA) is 50.4 Å². The Labute approximate surface area is 100 Å². The summed E-state index contributed by atoms with van der Waals surface area (Å²) in [4.78, 5) is 3.98. The molecule has 1 saturated carbocycles. The van der Waals surface area contributed by atoms with Crippen LogP contribution in [0.5, 0.6) is 0 Å². The van der Waals surface area contributed by atoms with Crippen molar-refractivity contribution in [3.05, 3.63) is 48.6 Å². The summed E-state index contributed by atoms with van der Waals surface area (Å²) in [7, 11) is 0. The van der Waals surface area contributed by atoms with Crippen LogP contribution in [0.4, 0.5) is 4.39 Å². The van der Waals surface area contributed by atoms with Gasteiger partial charge in [-0.25, -0.2) is 9.38 Å². The number of aliphatic imine (C=N–C) groups is 1. The number of hydrogen-bond donors (Lipinski definition) is 2. The van der Waals surface area contributed by atoms with Crippen LogP contribution in [0.2, 0.25) is 0 Å². The first kappa shape index (κ1) is 11.6. The fourth-order valence-corrected chi connectivity index (χ4v) is 1.82. The average Bonchev–Trinajstić information content (AvgIpc) is 3.00. The number of rotatable bonds is 4. The van der Waals surface area contributed by atoms with E-state index in [1.807, 2.05) is 18.2 Å². The molecule has 0 heterocycles. The molecule has 1 fully saturated rings. The first-order chi connectivity index (χ1) is 8.16. The highest BCUT2D eigenvalue weighted by Gasteiger charge is 2.57.